The fourth-order valence-electron chi connectivity index (χ4n) is 7.13. The van der Waals surface area contributed by atoms with Gasteiger partial charge in [-0.05, 0) is 19.3 Å². The summed E-state index contributed by atoms with van der Waals surface area (Å²) in [6.45, 7) is 11.3. The van der Waals surface area contributed by atoms with E-state index in [1.165, 1.54) is 0 Å². The van der Waals surface area contributed by atoms with E-state index < -0.39 is 33.4 Å². The molecule has 3 fully saturated rings. The summed E-state index contributed by atoms with van der Waals surface area (Å²) in [5, 5.41) is 10.5. The zero-order chi connectivity index (χ0) is 27.2. The normalized spacial score (nSPS) is 36.4. The number of fused-ring (bicyclic) bond motifs is 2. The zero-order valence-electron chi connectivity index (χ0n) is 23.0. The molecule has 38 heavy (non-hydrogen) atoms. The van der Waals surface area contributed by atoms with Crippen LogP contribution in [0.5, 0.6) is 0 Å². The number of aliphatic hydroxyl groups is 1. The lowest BCUT2D eigenvalue weighted by atomic mass is 9.74. The highest BCUT2D eigenvalue weighted by molar-refractivity contribution is 8.02. The van der Waals surface area contributed by atoms with Crippen LogP contribution in [-0.4, -0.2) is 130 Å². The second-order valence-corrected chi connectivity index (χ2v) is 13.8. The first-order valence-corrected chi connectivity index (χ1v) is 14.8. The van der Waals surface area contributed by atoms with Gasteiger partial charge in [-0.3, -0.25) is 19.3 Å². The lowest BCUT2D eigenvalue weighted by Gasteiger charge is -2.40. The zero-order valence-corrected chi connectivity index (χ0v) is 23.9. The number of hydrogen-bond acceptors (Lipinski definition) is 7. The van der Waals surface area contributed by atoms with Gasteiger partial charge in [0.05, 0.1) is 42.4 Å². The Kier molecular flexibility index (Phi) is 7.72. The van der Waals surface area contributed by atoms with Crippen molar-refractivity contribution in [3.8, 4) is 0 Å². The summed E-state index contributed by atoms with van der Waals surface area (Å²) in [6.07, 6.45) is 8.75. The number of carbonyl (C=O) groups excluding carboxylic acids is 3. The van der Waals surface area contributed by atoms with Gasteiger partial charge in [-0.2, -0.15) is 0 Å². The third-order valence-electron chi connectivity index (χ3n) is 8.92. The van der Waals surface area contributed by atoms with E-state index in [4.69, 9.17) is 4.74 Å². The Balaban J connectivity index is 1.55. The van der Waals surface area contributed by atoms with E-state index in [1.54, 1.807) is 28.6 Å². The molecule has 0 aromatic heterocycles. The largest absolute Gasteiger partial charge is 0.394 e. The van der Waals surface area contributed by atoms with Gasteiger partial charge in [0.15, 0.2) is 0 Å². The number of ether oxygens (including phenoxy) is 1. The molecule has 0 aliphatic carbocycles. The maximum atomic E-state index is 14.5. The van der Waals surface area contributed by atoms with Gasteiger partial charge in [0.25, 0.3) is 0 Å². The number of likely N-dealkylation sites (N-methyl/N-ethyl adjacent to an activating group) is 1. The van der Waals surface area contributed by atoms with Gasteiger partial charge in [0, 0.05) is 51.1 Å². The highest BCUT2D eigenvalue weighted by atomic mass is 32.2. The number of rotatable bonds is 7. The molecule has 0 radical (unpaired) electrons. The molecule has 5 rings (SSSR count). The minimum Gasteiger partial charge on any atom is -0.394 e. The van der Waals surface area contributed by atoms with Crippen LogP contribution in [0.25, 0.3) is 0 Å². The first-order chi connectivity index (χ1) is 18.1. The summed E-state index contributed by atoms with van der Waals surface area (Å²) in [5.41, 5.74) is 0. The molecule has 0 aromatic carbocycles. The Labute approximate surface area is 230 Å². The number of morpholine rings is 1. The minimum atomic E-state index is -0.871. The second-order valence-electron chi connectivity index (χ2n) is 12.0. The van der Waals surface area contributed by atoms with Crippen molar-refractivity contribution in [3.05, 3.63) is 24.3 Å². The first kappa shape index (κ1) is 27.7. The fourth-order valence-corrected chi connectivity index (χ4v) is 9.27. The van der Waals surface area contributed by atoms with Crippen LogP contribution in [0.1, 0.15) is 27.2 Å². The van der Waals surface area contributed by atoms with Crippen LogP contribution in [-0.2, 0) is 19.1 Å². The van der Waals surface area contributed by atoms with Crippen molar-refractivity contribution >= 4 is 29.5 Å². The average molecular weight is 547 g/mol. The molecule has 1 spiro atoms. The number of carbonyl (C=O) groups is 3. The van der Waals surface area contributed by atoms with Crippen molar-refractivity contribution in [2.24, 2.45) is 17.8 Å². The van der Waals surface area contributed by atoms with Crippen molar-refractivity contribution in [2.75, 3.05) is 66.1 Å². The Bertz CT molecular complexity index is 1010. The van der Waals surface area contributed by atoms with E-state index >= 15 is 0 Å². The van der Waals surface area contributed by atoms with Gasteiger partial charge in [-0.15, -0.1) is 11.8 Å². The van der Waals surface area contributed by atoms with Crippen LogP contribution in [0, 0.1) is 17.8 Å². The van der Waals surface area contributed by atoms with Gasteiger partial charge in [0.2, 0.25) is 17.7 Å². The summed E-state index contributed by atoms with van der Waals surface area (Å²) in [5.74, 6) is -1.33. The minimum absolute atomic E-state index is 0.0560. The van der Waals surface area contributed by atoms with Crippen molar-refractivity contribution < 1.29 is 24.2 Å². The van der Waals surface area contributed by atoms with Crippen molar-refractivity contribution in [1.82, 2.24) is 19.6 Å². The molecular formula is C28H42N4O5S. The number of likely N-dealkylation sites (tertiary alicyclic amines) is 1. The molecule has 6 atom stereocenters. The standard InChI is InChI=1S/C28H42N4O5S/c1-19(2)17-20(18-33)32-23-26(36)31(12-11-30-13-15-37-16-14-30)10-6-8-28(23)22(25(32)35)21-24(34)29(4)9-5-7-27(21,3)38-28/h5-8,19-23,33H,9-18H2,1-4H3/t20-,21+,22+,23?,27-,28+/m1/s1. The Morgan fingerprint density at radius 2 is 1.74 bits per heavy atom. The van der Waals surface area contributed by atoms with Crippen LogP contribution in [0.2, 0.25) is 0 Å². The number of amides is 3. The summed E-state index contributed by atoms with van der Waals surface area (Å²) in [4.78, 5) is 50.2. The molecule has 10 heteroatoms. The smallest absolute Gasteiger partial charge is 0.247 e. The monoisotopic (exact) mass is 546 g/mol. The maximum Gasteiger partial charge on any atom is 0.247 e. The predicted octanol–water partition coefficient (Wildman–Crippen LogP) is 0.840. The third kappa shape index (κ3) is 4.51. The highest BCUT2D eigenvalue weighted by Crippen LogP contribution is 2.65. The Morgan fingerprint density at radius 3 is 2.42 bits per heavy atom. The number of nitrogens with zero attached hydrogens (tertiary/aromatic N) is 4. The van der Waals surface area contributed by atoms with E-state index in [0.29, 0.717) is 39.3 Å². The molecule has 0 bridgehead atoms. The van der Waals surface area contributed by atoms with Gasteiger partial charge in [-0.25, -0.2) is 0 Å². The number of thioether (sulfide) groups is 1. The summed E-state index contributed by atoms with van der Waals surface area (Å²) < 4.78 is 4.00. The average Bonchev–Trinajstić information content (AvgIpc) is 3.17. The van der Waals surface area contributed by atoms with Gasteiger partial charge < -0.3 is 24.5 Å². The van der Waals surface area contributed by atoms with Crippen LogP contribution < -0.4 is 0 Å². The fraction of sp³-hybridized carbons (Fsp3) is 0.750. The number of aliphatic hydroxyl groups excluding tert-OH is 1. The van der Waals surface area contributed by atoms with Gasteiger partial charge >= 0.3 is 0 Å². The van der Waals surface area contributed by atoms with Gasteiger partial charge in [-0.1, -0.05) is 38.2 Å². The molecule has 3 saturated heterocycles. The molecule has 0 aromatic rings. The summed E-state index contributed by atoms with van der Waals surface area (Å²) in [7, 11) is 1.78. The van der Waals surface area contributed by atoms with E-state index in [9.17, 15) is 19.5 Å². The molecule has 3 amide bonds. The van der Waals surface area contributed by atoms with E-state index in [-0.39, 0.29) is 30.2 Å². The molecule has 0 saturated carbocycles. The SMILES string of the molecule is CC(C)C[C@H](CO)N1C(=O)[C@@H]2[C@H]3C(=O)N(C)CC=C[C@@]3(C)S[C@@]23C=CCN(CCN2CCOCC2)C(=O)C13. The summed E-state index contributed by atoms with van der Waals surface area (Å²) in [6, 6.07) is -1.24. The van der Waals surface area contributed by atoms with Crippen molar-refractivity contribution in [2.45, 2.75) is 48.8 Å². The number of hydrogen-bond donors (Lipinski definition) is 1. The quantitative estimate of drug-likeness (QED) is 0.473. The van der Waals surface area contributed by atoms with E-state index in [1.807, 2.05) is 24.0 Å². The molecule has 1 N–H and O–H groups in total. The topological polar surface area (TPSA) is 93.6 Å². The Hall–Kier alpha value is -1.88. The highest BCUT2D eigenvalue weighted by Gasteiger charge is 2.74. The van der Waals surface area contributed by atoms with E-state index in [2.05, 4.69) is 30.9 Å². The summed E-state index contributed by atoms with van der Waals surface area (Å²) >= 11 is 1.60. The Morgan fingerprint density at radius 1 is 1.03 bits per heavy atom. The molecule has 9 nitrogen and oxygen atoms in total. The maximum absolute atomic E-state index is 14.5. The molecule has 5 aliphatic rings. The van der Waals surface area contributed by atoms with E-state index in [0.717, 1.165) is 19.6 Å². The molecule has 5 heterocycles. The molecular weight excluding hydrogens is 504 g/mol. The lowest BCUT2D eigenvalue weighted by Crippen LogP contribution is -2.57. The predicted molar refractivity (Wildman–Crippen MR) is 146 cm³/mol. The van der Waals surface area contributed by atoms with Crippen LogP contribution >= 0.6 is 11.8 Å². The van der Waals surface area contributed by atoms with Crippen LogP contribution in [0.15, 0.2) is 24.3 Å². The molecule has 210 valence electrons. The third-order valence-corrected chi connectivity index (χ3v) is 10.7. The molecule has 5 aliphatic heterocycles. The van der Waals surface area contributed by atoms with Crippen molar-refractivity contribution in [3.63, 3.8) is 0 Å². The van der Waals surface area contributed by atoms with Crippen LogP contribution in [0.3, 0.4) is 0 Å². The molecule has 1 unspecified atom stereocenters. The van der Waals surface area contributed by atoms with Gasteiger partial charge in [0.1, 0.15) is 6.04 Å². The van der Waals surface area contributed by atoms with Crippen molar-refractivity contribution in [1.29, 1.82) is 0 Å². The first-order valence-electron chi connectivity index (χ1n) is 14.0. The second kappa shape index (κ2) is 10.6. The lowest BCUT2D eigenvalue weighted by molar-refractivity contribution is -0.147. The van der Waals surface area contributed by atoms with Crippen LogP contribution in [0.4, 0.5) is 0 Å².